The van der Waals surface area contributed by atoms with Crippen LogP contribution < -0.4 is 5.32 Å². The highest BCUT2D eigenvalue weighted by molar-refractivity contribution is 9.10. The third-order valence-corrected chi connectivity index (χ3v) is 7.45. The first-order valence-corrected chi connectivity index (χ1v) is 11.3. The van der Waals surface area contributed by atoms with E-state index in [2.05, 4.69) is 21.2 Å². The molecule has 1 saturated heterocycles. The van der Waals surface area contributed by atoms with Gasteiger partial charge in [-0.1, -0.05) is 45.7 Å². The Labute approximate surface area is 172 Å². The fourth-order valence-electron chi connectivity index (χ4n) is 3.10. The Morgan fingerprint density at radius 1 is 1.11 bits per heavy atom. The van der Waals surface area contributed by atoms with E-state index >= 15 is 0 Å². The van der Waals surface area contributed by atoms with Gasteiger partial charge in [0.15, 0.2) is 0 Å². The van der Waals surface area contributed by atoms with E-state index in [1.54, 1.807) is 0 Å². The van der Waals surface area contributed by atoms with Crippen molar-refractivity contribution in [2.75, 3.05) is 6.54 Å². The van der Waals surface area contributed by atoms with Gasteiger partial charge in [-0.15, -0.1) is 0 Å². The van der Waals surface area contributed by atoms with Crippen LogP contribution in [0.1, 0.15) is 24.8 Å². The Hall–Kier alpha value is -1.41. The molecule has 0 spiro atoms. The third-order valence-electron chi connectivity index (χ3n) is 4.56. The molecule has 144 valence electrons. The molecule has 27 heavy (non-hydrogen) atoms. The number of benzene rings is 2. The van der Waals surface area contributed by atoms with Crippen molar-refractivity contribution >= 4 is 43.5 Å². The van der Waals surface area contributed by atoms with E-state index < -0.39 is 16.1 Å². The molecular formula is C19H20BrClN2O3S. The van der Waals surface area contributed by atoms with Gasteiger partial charge in [0.2, 0.25) is 15.9 Å². The van der Waals surface area contributed by atoms with Crippen molar-refractivity contribution in [3.05, 3.63) is 63.6 Å². The van der Waals surface area contributed by atoms with Gasteiger partial charge in [0, 0.05) is 22.6 Å². The van der Waals surface area contributed by atoms with Crippen LogP contribution in [0.5, 0.6) is 0 Å². The van der Waals surface area contributed by atoms with Crippen LogP contribution in [0.3, 0.4) is 0 Å². The van der Waals surface area contributed by atoms with E-state index in [0.29, 0.717) is 18.0 Å². The summed E-state index contributed by atoms with van der Waals surface area (Å²) in [5, 5.41) is 3.29. The fourth-order valence-corrected chi connectivity index (χ4v) is 5.23. The molecule has 1 amide bonds. The highest BCUT2D eigenvalue weighted by atomic mass is 79.9. The lowest BCUT2D eigenvalue weighted by Crippen LogP contribution is -2.48. The zero-order chi connectivity index (χ0) is 19.4. The predicted molar refractivity (Wildman–Crippen MR) is 109 cm³/mol. The summed E-state index contributed by atoms with van der Waals surface area (Å²) in [6.45, 7) is 0.670. The Kier molecular flexibility index (Phi) is 6.57. The molecule has 0 saturated carbocycles. The molecule has 1 atom stereocenters. The summed E-state index contributed by atoms with van der Waals surface area (Å²) < 4.78 is 28.9. The van der Waals surface area contributed by atoms with E-state index in [9.17, 15) is 13.2 Å². The lowest BCUT2D eigenvalue weighted by atomic mass is 10.1. The predicted octanol–water partition coefficient (Wildman–Crippen LogP) is 3.96. The third kappa shape index (κ3) is 4.71. The van der Waals surface area contributed by atoms with Crippen LogP contribution in [0.2, 0.25) is 5.02 Å². The standard InChI is InChI=1S/C19H20BrClN2O3S/c20-17-6-2-1-5-14(17)13-23(18-7-3-4-12-22-19(18)24)27(25,26)16-10-8-15(21)9-11-16/h1-2,5-6,8-11,18H,3-4,7,12-13H2,(H,22,24)/t18-/m1/s1. The molecule has 1 heterocycles. The van der Waals surface area contributed by atoms with E-state index in [1.807, 2.05) is 24.3 Å². The van der Waals surface area contributed by atoms with Gasteiger partial charge in [0.25, 0.3) is 0 Å². The highest BCUT2D eigenvalue weighted by Gasteiger charge is 2.36. The van der Waals surface area contributed by atoms with Crippen molar-refractivity contribution in [3.63, 3.8) is 0 Å². The molecule has 0 radical (unpaired) electrons. The van der Waals surface area contributed by atoms with Crippen LogP contribution in [0.15, 0.2) is 57.9 Å². The Morgan fingerprint density at radius 3 is 2.52 bits per heavy atom. The first-order chi connectivity index (χ1) is 12.9. The Balaban J connectivity index is 2.04. The molecule has 8 heteroatoms. The summed E-state index contributed by atoms with van der Waals surface area (Å²) in [6, 6.07) is 12.7. The maximum atomic E-state index is 13.4. The largest absolute Gasteiger partial charge is 0.355 e. The maximum Gasteiger partial charge on any atom is 0.244 e. The summed E-state index contributed by atoms with van der Waals surface area (Å²) in [6.07, 6.45) is 2.11. The first-order valence-electron chi connectivity index (χ1n) is 8.68. The van der Waals surface area contributed by atoms with Crippen molar-refractivity contribution in [1.29, 1.82) is 0 Å². The van der Waals surface area contributed by atoms with Crippen LogP contribution in [-0.2, 0) is 21.4 Å². The highest BCUT2D eigenvalue weighted by Crippen LogP contribution is 2.28. The van der Waals surface area contributed by atoms with Crippen molar-refractivity contribution in [2.45, 2.75) is 36.7 Å². The van der Waals surface area contributed by atoms with Gasteiger partial charge in [-0.25, -0.2) is 8.42 Å². The SMILES string of the molecule is O=C1NCCCC[C@H]1N(Cc1ccccc1Br)S(=O)(=O)c1ccc(Cl)cc1. The van der Waals surface area contributed by atoms with Crippen molar-refractivity contribution < 1.29 is 13.2 Å². The molecule has 1 fully saturated rings. The second-order valence-corrected chi connectivity index (χ2v) is 9.58. The van der Waals surface area contributed by atoms with E-state index in [4.69, 9.17) is 11.6 Å². The molecule has 1 aliphatic rings. The number of carbonyl (C=O) groups excluding carboxylic acids is 1. The summed E-state index contributed by atoms with van der Waals surface area (Å²) >= 11 is 9.38. The number of amides is 1. The van der Waals surface area contributed by atoms with Crippen LogP contribution in [-0.4, -0.2) is 31.2 Å². The topological polar surface area (TPSA) is 66.5 Å². The smallest absolute Gasteiger partial charge is 0.244 e. The summed E-state index contributed by atoms with van der Waals surface area (Å²) in [7, 11) is -3.89. The van der Waals surface area contributed by atoms with Gasteiger partial charge in [-0.2, -0.15) is 4.31 Å². The van der Waals surface area contributed by atoms with E-state index in [1.165, 1.54) is 28.6 Å². The molecule has 1 N–H and O–H groups in total. The first kappa shape index (κ1) is 20.3. The summed E-state index contributed by atoms with van der Waals surface area (Å²) in [4.78, 5) is 12.7. The van der Waals surface area contributed by atoms with Crippen LogP contribution >= 0.6 is 27.5 Å². The molecule has 3 rings (SSSR count). The number of sulfonamides is 1. The van der Waals surface area contributed by atoms with Gasteiger partial charge in [-0.05, 0) is 55.2 Å². The quantitative estimate of drug-likeness (QED) is 0.718. The minimum absolute atomic E-state index is 0.102. The lowest BCUT2D eigenvalue weighted by molar-refractivity contribution is -0.124. The normalized spacial score (nSPS) is 18.2. The minimum Gasteiger partial charge on any atom is -0.355 e. The average molecular weight is 472 g/mol. The molecule has 0 unspecified atom stereocenters. The van der Waals surface area contributed by atoms with Crippen LogP contribution in [0.4, 0.5) is 0 Å². The van der Waals surface area contributed by atoms with Crippen molar-refractivity contribution in [3.8, 4) is 0 Å². The average Bonchev–Trinajstić information content (AvgIpc) is 2.85. The molecule has 1 aliphatic heterocycles. The maximum absolute atomic E-state index is 13.4. The number of hydrogen-bond acceptors (Lipinski definition) is 3. The van der Waals surface area contributed by atoms with Crippen LogP contribution in [0.25, 0.3) is 0 Å². The second kappa shape index (κ2) is 8.73. The van der Waals surface area contributed by atoms with Gasteiger partial charge in [0.1, 0.15) is 6.04 Å². The zero-order valence-electron chi connectivity index (χ0n) is 14.6. The molecule has 5 nitrogen and oxygen atoms in total. The fraction of sp³-hybridized carbons (Fsp3) is 0.316. The lowest BCUT2D eigenvalue weighted by Gasteiger charge is -2.29. The van der Waals surface area contributed by atoms with Gasteiger partial charge < -0.3 is 5.32 Å². The molecule has 2 aromatic carbocycles. The number of carbonyl (C=O) groups is 1. The van der Waals surface area contributed by atoms with Crippen LogP contribution in [0, 0.1) is 0 Å². The minimum atomic E-state index is -3.89. The van der Waals surface area contributed by atoms with Crippen molar-refractivity contribution in [1.82, 2.24) is 9.62 Å². The van der Waals surface area contributed by atoms with Gasteiger partial charge >= 0.3 is 0 Å². The number of nitrogens with one attached hydrogen (secondary N) is 1. The summed E-state index contributed by atoms with van der Waals surface area (Å²) in [5.41, 5.74) is 0.798. The molecule has 0 aliphatic carbocycles. The number of halogens is 2. The van der Waals surface area contributed by atoms with E-state index in [-0.39, 0.29) is 17.3 Å². The molecule has 0 bridgehead atoms. The number of hydrogen-bond donors (Lipinski definition) is 1. The zero-order valence-corrected chi connectivity index (χ0v) is 17.7. The van der Waals surface area contributed by atoms with Gasteiger partial charge in [0.05, 0.1) is 4.90 Å². The van der Waals surface area contributed by atoms with Gasteiger partial charge in [-0.3, -0.25) is 4.79 Å². The molecular weight excluding hydrogens is 452 g/mol. The molecule has 0 aromatic heterocycles. The Bertz CT molecular complexity index is 919. The monoisotopic (exact) mass is 470 g/mol. The second-order valence-electron chi connectivity index (χ2n) is 6.40. The summed E-state index contributed by atoms with van der Waals surface area (Å²) in [5.74, 6) is -0.253. The van der Waals surface area contributed by atoms with E-state index in [0.717, 1.165) is 22.9 Å². The number of nitrogens with zero attached hydrogens (tertiary/aromatic N) is 1. The molecule has 2 aromatic rings. The number of rotatable bonds is 5. The Morgan fingerprint density at radius 2 is 1.81 bits per heavy atom. The van der Waals surface area contributed by atoms with Crippen molar-refractivity contribution in [2.24, 2.45) is 0 Å².